The molecule has 1 amide bonds. The van der Waals surface area contributed by atoms with Crippen molar-refractivity contribution in [1.29, 1.82) is 0 Å². The molecular weight excluding hydrogens is 389 g/mol. The molecule has 1 atom stereocenters. The Morgan fingerprint density at radius 3 is 2.67 bits per heavy atom. The van der Waals surface area contributed by atoms with E-state index >= 15 is 0 Å². The normalized spacial score (nSPS) is 16.9. The highest BCUT2D eigenvalue weighted by Gasteiger charge is 2.29. The smallest absolute Gasteiger partial charge is 0.270 e. The predicted molar refractivity (Wildman–Crippen MR) is 106 cm³/mol. The maximum Gasteiger partial charge on any atom is 0.270 e. The molecular formula is C19H23Cl2N3O3. The molecule has 8 heteroatoms. The minimum atomic E-state index is -0.223. The number of nitrogens with zero attached hydrogens (tertiary/aromatic N) is 2. The van der Waals surface area contributed by atoms with Gasteiger partial charge >= 0.3 is 0 Å². The lowest BCUT2D eigenvalue weighted by Crippen LogP contribution is -2.41. The number of methoxy groups -OCH3 is 1. The average Bonchev–Trinajstić information content (AvgIpc) is 3.18. The van der Waals surface area contributed by atoms with Crippen LogP contribution < -0.4 is 5.56 Å². The Bertz CT molecular complexity index is 871. The molecule has 1 N–H and O–H groups in total. The Labute approximate surface area is 168 Å². The highest BCUT2D eigenvalue weighted by Crippen LogP contribution is 2.26. The monoisotopic (exact) mass is 411 g/mol. The molecule has 3 rings (SSSR count). The average molecular weight is 412 g/mol. The second-order valence-corrected chi connectivity index (χ2v) is 7.64. The van der Waals surface area contributed by atoms with E-state index in [9.17, 15) is 9.59 Å². The molecule has 1 fully saturated rings. The Morgan fingerprint density at radius 2 is 2.00 bits per heavy atom. The zero-order valence-electron chi connectivity index (χ0n) is 15.4. The molecule has 0 unspecified atom stereocenters. The van der Waals surface area contributed by atoms with Gasteiger partial charge in [-0.2, -0.15) is 0 Å². The molecule has 1 aromatic heterocycles. The van der Waals surface area contributed by atoms with Gasteiger partial charge in [-0.05, 0) is 37.5 Å². The summed E-state index contributed by atoms with van der Waals surface area (Å²) in [6.45, 7) is 3.01. The van der Waals surface area contributed by atoms with Crippen LogP contribution in [0.1, 0.15) is 29.7 Å². The van der Waals surface area contributed by atoms with Gasteiger partial charge in [-0.3, -0.25) is 14.7 Å². The molecule has 1 saturated heterocycles. The lowest BCUT2D eigenvalue weighted by atomic mass is 10.1. The van der Waals surface area contributed by atoms with Crippen molar-refractivity contribution < 1.29 is 9.53 Å². The molecule has 0 saturated carbocycles. The second-order valence-electron chi connectivity index (χ2n) is 6.82. The van der Waals surface area contributed by atoms with Crippen molar-refractivity contribution in [2.24, 2.45) is 0 Å². The van der Waals surface area contributed by atoms with Crippen LogP contribution in [-0.4, -0.2) is 46.9 Å². The number of ether oxygens (including phenoxy) is 1. The number of amides is 1. The van der Waals surface area contributed by atoms with Crippen LogP contribution in [0.15, 0.2) is 23.0 Å². The molecule has 1 aliphatic rings. The number of hydrogen-bond donors (Lipinski definition) is 1. The summed E-state index contributed by atoms with van der Waals surface area (Å²) in [5, 5.41) is 4.05. The van der Waals surface area contributed by atoms with E-state index < -0.39 is 0 Å². The Morgan fingerprint density at radius 1 is 1.30 bits per heavy atom. The predicted octanol–water partition coefficient (Wildman–Crippen LogP) is 3.02. The first-order chi connectivity index (χ1) is 12.9. The molecule has 1 aliphatic heterocycles. The lowest BCUT2D eigenvalue weighted by Gasteiger charge is -2.24. The van der Waals surface area contributed by atoms with Crippen molar-refractivity contribution in [3.63, 3.8) is 0 Å². The summed E-state index contributed by atoms with van der Waals surface area (Å²) in [6, 6.07) is 5.34. The van der Waals surface area contributed by atoms with E-state index in [1.54, 1.807) is 30.2 Å². The number of aryl methyl sites for hydroxylation is 1. The van der Waals surface area contributed by atoms with Gasteiger partial charge in [0.25, 0.3) is 5.56 Å². The lowest BCUT2D eigenvalue weighted by molar-refractivity contribution is -0.133. The van der Waals surface area contributed by atoms with Crippen molar-refractivity contribution in [3.05, 3.63) is 55.4 Å². The molecule has 2 aromatic rings. The van der Waals surface area contributed by atoms with Gasteiger partial charge in [0, 0.05) is 41.4 Å². The van der Waals surface area contributed by atoms with Gasteiger partial charge in [-0.15, -0.1) is 0 Å². The van der Waals surface area contributed by atoms with Crippen molar-refractivity contribution >= 4 is 29.1 Å². The van der Waals surface area contributed by atoms with Crippen molar-refractivity contribution in [2.75, 3.05) is 20.3 Å². The summed E-state index contributed by atoms with van der Waals surface area (Å²) >= 11 is 12.5. The molecule has 0 spiro atoms. The van der Waals surface area contributed by atoms with Gasteiger partial charge in [-0.1, -0.05) is 29.3 Å². The third-order valence-electron chi connectivity index (χ3n) is 5.02. The zero-order chi connectivity index (χ0) is 19.6. The van der Waals surface area contributed by atoms with Crippen LogP contribution in [0, 0.1) is 6.92 Å². The van der Waals surface area contributed by atoms with Gasteiger partial charge in [0.05, 0.1) is 12.6 Å². The fraction of sp³-hybridized carbons (Fsp3) is 0.474. The van der Waals surface area contributed by atoms with E-state index in [4.69, 9.17) is 27.9 Å². The molecule has 2 heterocycles. The van der Waals surface area contributed by atoms with Crippen LogP contribution in [0.25, 0.3) is 0 Å². The second kappa shape index (κ2) is 8.50. The highest BCUT2D eigenvalue weighted by molar-refractivity contribution is 6.36. The molecule has 0 aliphatic carbocycles. The minimum Gasteiger partial charge on any atom is -0.383 e. The first-order valence-electron chi connectivity index (χ1n) is 8.92. The summed E-state index contributed by atoms with van der Waals surface area (Å²) in [6.07, 6.45) is 2.19. The van der Waals surface area contributed by atoms with Crippen LogP contribution in [-0.2, 0) is 22.5 Å². The number of hydrogen-bond acceptors (Lipinski definition) is 3. The number of carbonyl (C=O) groups excluding carboxylic acids is 1. The van der Waals surface area contributed by atoms with E-state index in [2.05, 4.69) is 5.10 Å². The van der Waals surface area contributed by atoms with E-state index in [1.807, 2.05) is 6.92 Å². The fourth-order valence-electron chi connectivity index (χ4n) is 3.60. The number of carbonyl (C=O) groups is 1. The van der Waals surface area contributed by atoms with Crippen LogP contribution >= 0.6 is 23.2 Å². The molecule has 0 radical (unpaired) electrons. The maximum absolute atomic E-state index is 12.8. The molecule has 27 heavy (non-hydrogen) atoms. The SMILES string of the molecule is COC[C@H]1CCCN1C(=O)Cn1[nH]c(C)c(Cc2c(Cl)cccc2Cl)c1=O. The van der Waals surface area contributed by atoms with Crippen molar-refractivity contribution in [1.82, 2.24) is 14.7 Å². The number of rotatable bonds is 6. The fourth-order valence-corrected chi connectivity index (χ4v) is 4.13. The molecule has 6 nitrogen and oxygen atoms in total. The Kier molecular flexibility index (Phi) is 6.29. The minimum absolute atomic E-state index is 0.0177. The first-order valence-corrected chi connectivity index (χ1v) is 9.67. The third-order valence-corrected chi connectivity index (χ3v) is 5.73. The van der Waals surface area contributed by atoms with Gasteiger partial charge < -0.3 is 9.64 Å². The van der Waals surface area contributed by atoms with Crippen LogP contribution in [0.4, 0.5) is 0 Å². The molecule has 146 valence electrons. The summed E-state index contributed by atoms with van der Waals surface area (Å²) in [5.74, 6) is -0.0831. The summed E-state index contributed by atoms with van der Waals surface area (Å²) in [4.78, 5) is 27.3. The number of benzene rings is 1. The standard InChI is InChI=1S/C19H23Cl2N3O3/c1-12-14(9-15-16(20)6-3-7-17(15)21)19(26)24(22-12)10-18(25)23-8-4-5-13(23)11-27-2/h3,6-7,13,22H,4-5,8-11H2,1-2H3/t13-/m1/s1. The third kappa shape index (κ3) is 4.23. The number of H-pyrrole nitrogens is 1. The van der Waals surface area contributed by atoms with Crippen LogP contribution in [0.5, 0.6) is 0 Å². The quantitative estimate of drug-likeness (QED) is 0.793. The zero-order valence-corrected chi connectivity index (χ0v) is 16.9. The van der Waals surface area contributed by atoms with E-state index in [1.165, 1.54) is 4.68 Å². The van der Waals surface area contributed by atoms with E-state index in [0.717, 1.165) is 12.8 Å². The van der Waals surface area contributed by atoms with Crippen molar-refractivity contribution in [3.8, 4) is 0 Å². The number of nitrogens with one attached hydrogen (secondary N) is 1. The largest absolute Gasteiger partial charge is 0.383 e. The molecule has 1 aromatic carbocycles. The van der Waals surface area contributed by atoms with Crippen molar-refractivity contribution in [2.45, 2.75) is 38.8 Å². The number of aromatic nitrogens is 2. The summed E-state index contributed by atoms with van der Waals surface area (Å²) in [5.41, 5.74) is 1.75. The van der Waals surface area contributed by atoms with Crippen LogP contribution in [0.2, 0.25) is 10.0 Å². The molecule has 0 bridgehead atoms. The van der Waals surface area contributed by atoms with Crippen LogP contribution in [0.3, 0.4) is 0 Å². The highest BCUT2D eigenvalue weighted by atomic mass is 35.5. The first kappa shape index (κ1) is 20.0. The summed E-state index contributed by atoms with van der Waals surface area (Å²) < 4.78 is 6.56. The number of aromatic amines is 1. The van der Waals surface area contributed by atoms with E-state index in [-0.39, 0.29) is 24.1 Å². The van der Waals surface area contributed by atoms with Gasteiger partial charge in [0.15, 0.2) is 0 Å². The van der Waals surface area contributed by atoms with Gasteiger partial charge in [0.1, 0.15) is 6.54 Å². The van der Waals surface area contributed by atoms with Gasteiger partial charge in [-0.25, -0.2) is 4.68 Å². The summed E-state index contributed by atoms with van der Waals surface area (Å²) in [7, 11) is 1.63. The Hall–Kier alpha value is -1.76. The Balaban J connectivity index is 1.80. The number of likely N-dealkylation sites (tertiary alicyclic amines) is 1. The maximum atomic E-state index is 12.8. The van der Waals surface area contributed by atoms with E-state index in [0.29, 0.717) is 46.4 Å². The topological polar surface area (TPSA) is 67.3 Å². The number of halogens is 2. The van der Waals surface area contributed by atoms with Gasteiger partial charge in [0.2, 0.25) is 5.91 Å².